The second kappa shape index (κ2) is 12.8. The lowest BCUT2D eigenvalue weighted by Crippen LogP contribution is -2.42. The molecule has 0 radical (unpaired) electrons. The molecule has 250 valence electrons. The number of carbonyl (C=O) groups is 2. The van der Waals surface area contributed by atoms with E-state index < -0.39 is 0 Å². The number of ether oxygens (including phenoxy) is 1. The van der Waals surface area contributed by atoms with E-state index in [1.165, 1.54) is 5.57 Å². The molecule has 2 amide bonds. The van der Waals surface area contributed by atoms with Crippen molar-refractivity contribution >= 4 is 23.1 Å². The maximum Gasteiger partial charge on any atom is 0.230 e. The van der Waals surface area contributed by atoms with Gasteiger partial charge in [-0.15, -0.1) is 0 Å². The Morgan fingerprint density at radius 3 is 2.37 bits per heavy atom. The Hall–Kier alpha value is -4.98. The van der Waals surface area contributed by atoms with E-state index in [1.807, 2.05) is 73.3 Å². The van der Waals surface area contributed by atoms with E-state index >= 15 is 0 Å². The molecule has 49 heavy (non-hydrogen) atoms. The van der Waals surface area contributed by atoms with Crippen molar-refractivity contribution in [3.05, 3.63) is 107 Å². The van der Waals surface area contributed by atoms with Crippen LogP contribution in [0, 0.1) is 5.92 Å². The highest BCUT2D eigenvalue weighted by Gasteiger charge is 2.36. The van der Waals surface area contributed by atoms with Gasteiger partial charge in [-0.3, -0.25) is 14.6 Å². The van der Waals surface area contributed by atoms with Gasteiger partial charge in [0.25, 0.3) is 0 Å². The smallest absolute Gasteiger partial charge is 0.230 e. The van der Waals surface area contributed by atoms with Crippen LogP contribution >= 0.6 is 0 Å². The molecular formula is C41H43N5O3. The molecule has 2 saturated heterocycles. The third-order valence-corrected chi connectivity index (χ3v) is 10.7. The molecule has 8 nitrogen and oxygen atoms in total. The van der Waals surface area contributed by atoms with E-state index in [0.29, 0.717) is 0 Å². The van der Waals surface area contributed by atoms with Gasteiger partial charge in [-0.05, 0) is 78.6 Å². The highest BCUT2D eigenvalue weighted by Crippen LogP contribution is 2.41. The van der Waals surface area contributed by atoms with Crippen LogP contribution in [-0.2, 0) is 16.0 Å². The number of amides is 2. The summed E-state index contributed by atoms with van der Waals surface area (Å²) in [5, 5.41) is 0. The number of likely N-dealkylation sites (tertiary alicyclic amines) is 2. The SMILES string of the molecule is CC(C)C(=O)N1CCC[C@H]1C1=NC=C(c2ccc3c(c2)Cc2ccc(-c4cnc([C@@H]5CCCN5C(=O)[C@H](C)c5ccccc5)[nH]4)cc2O3)C1. The van der Waals surface area contributed by atoms with E-state index in [9.17, 15) is 9.59 Å². The van der Waals surface area contributed by atoms with Crippen LogP contribution in [0.1, 0.15) is 92.9 Å². The van der Waals surface area contributed by atoms with Crippen molar-refractivity contribution in [1.82, 2.24) is 19.8 Å². The first kappa shape index (κ1) is 31.3. The van der Waals surface area contributed by atoms with Crippen molar-refractivity contribution < 1.29 is 14.3 Å². The van der Waals surface area contributed by atoms with Gasteiger partial charge in [0.2, 0.25) is 11.8 Å². The Bertz CT molecular complexity index is 1980. The van der Waals surface area contributed by atoms with Crippen molar-refractivity contribution in [2.75, 3.05) is 13.1 Å². The molecule has 4 aliphatic heterocycles. The van der Waals surface area contributed by atoms with Crippen molar-refractivity contribution in [2.45, 2.75) is 77.3 Å². The topological polar surface area (TPSA) is 90.9 Å². The molecule has 0 saturated carbocycles. The lowest BCUT2D eigenvalue weighted by atomic mass is 9.93. The first-order valence-electron chi connectivity index (χ1n) is 17.7. The molecule has 5 heterocycles. The maximum absolute atomic E-state index is 13.5. The van der Waals surface area contributed by atoms with Crippen LogP contribution in [0.3, 0.4) is 0 Å². The van der Waals surface area contributed by atoms with Gasteiger partial charge in [0.05, 0.1) is 29.9 Å². The van der Waals surface area contributed by atoms with Crippen LogP contribution < -0.4 is 4.74 Å². The molecule has 3 aromatic carbocycles. The van der Waals surface area contributed by atoms with Gasteiger partial charge in [0, 0.05) is 49.3 Å². The molecule has 1 aromatic heterocycles. The fourth-order valence-corrected chi connectivity index (χ4v) is 7.94. The van der Waals surface area contributed by atoms with Gasteiger partial charge in [0.1, 0.15) is 17.3 Å². The number of imidazole rings is 1. The van der Waals surface area contributed by atoms with E-state index in [0.717, 1.165) is 108 Å². The number of nitrogens with one attached hydrogen (secondary N) is 1. The number of aromatic amines is 1. The number of carbonyl (C=O) groups excluding carboxylic acids is 2. The Morgan fingerprint density at radius 1 is 0.816 bits per heavy atom. The molecule has 3 atom stereocenters. The predicted molar refractivity (Wildman–Crippen MR) is 191 cm³/mol. The lowest BCUT2D eigenvalue weighted by Gasteiger charge is -2.27. The maximum atomic E-state index is 13.5. The minimum atomic E-state index is -0.196. The van der Waals surface area contributed by atoms with Gasteiger partial charge >= 0.3 is 0 Å². The summed E-state index contributed by atoms with van der Waals surface area (Å²) in [6, 6.07) is 22.8. The molecule has 2 fully saturated rings. The van der Waals surface area contributed by atoms with Crippen molar-refractivity contribution in [3.63, 3.8) is 0 Å². The third kappa shape index (κ3) is 5.87. The zero-order valence-electron chi connectivity index (χ0n) is 28.5. The van der Waals surface area contributed by atoms with E-state index in [2.05, 4.69) is 41.4 Å². The number of H-pyrrole nitrogens is 1. The number of allylic oxidation sites excluding steroid dienone is 1. The van der Waals surface area contributed by atoms with E-state index in [4.69, 9.17) is 14.7 Å². The number of rotatable bonds is 7. The monoisotopic (exact) mass is 653 g/mol. The molecule has 4 aliphatic rings. The number of fused-ring (bicyclic) bond motifs is 2. The summed E-state index contributed by atoms with van der Waals surface area (Å²) < 4.78 is 6.47. The number of aromatic nitrogens is 2. The summed E-state index contributed by atoms with van der Waals surface area (Å²) in [6.45, 7) is 7.51. The van der Waals surface area contributed by atoms with Crippen LogP contribution in [-0.4, -0.2) is 56.4 Å². The molecule has 8 rings (SSSR count). The molecule has 8 heteroatoms. The number of nitrogens with zero attached hydrogens (tertiary/aromatic N) is 4. The largest absolute Gasteiger partial charge is 0.457 e. The molecule has 0 aliphatic carbocycles. The van der Waals surface area contributed by atoms with Gasteiger partial charge < -0.3 is 19.5 Å². The minimum absolute atomic E-state index is 0.000735. The highest BCUT2D eigenvalue weighted by atomic mass is 16.5. The van der Waals surface area contributed by atoms with Crippen molar-refractivity contribution in [3.8, 4) is 22.8 Å². The fraction of sp³-hybridized carbons (Fsp3) is 0.366. The molecule has 4 aromatic rings. The third-order valence-electron chi connectivity index (χ3n) is 10.7. The average Bonchev–Trinajstić information content (AvgIpc) is 3.96. The zero-order chi connectivity index (χ0) is 33.6. The highest BCUT2D eigenvalue weighted by molar-refractivity contribution is 6.03. The summed E-state index contributed by atoms with van der Waals surface area (Å²) in [6.07, 6.45) is 9.30. The Kier molecular flexibility index (Phi) is 8.18. The summed E-state index contributed by atoms with van der Waals surface area (Å²) in [5.41, 5.74) is 8.70. The summed E-state index contributed by atoms with van der Waals surface area (Å²) in [5.74, 6) is 2.73. The molecule has 0 spiro atoms. The van der Waals surface area contributed by atoms with E-state index in [-0.39, 0.29) is 35.7 Å². The first-order chi connectivity index (χ1) is 23.8. The predicted octanol–water partition coefficient (Wildman–Crippen LogP) is 8.07. The van der Waals surface area contributed by atoms with Crippen molar-refractivity contribution in [1.29, 1.82) is 0 Å². The Labute approximate surface area is 287 Å². The normalized spacial score (nSPS) is 20.5. The van der Waals surface area contributed by atoms with Crippen LogP contribution in [0.4, 0.5) is 0 Å². The molecule has 0 unspecified atom stereocenters. The molecular weight excluding hydrogens is 610 g/mol. The molecule has 0 bridgehead atoms. The summed E-state index contributed by atoms with van der Waals surface area (Å²) in [4.78, 5) is 43.5. The first-order valence-corrected chi connectivity index (χ1v) is 17.7. The lowest BCUT2D eigenvalue weighted by molar-refractivity contribution is -0.134. The van der Waals surface area contributed by atoms with Gasteiger partial charge in [0.15, 0.2) is 0 Å². The summed E-state index contributed by atoms with van der Waals surface area (Å²) in [7, 11) is 0. The number of aliphatic imine (C=N–C) groups is 1. The number of benzene rings is 3. The Morgan fingerprint density at radius 2 is 1.57 bits per heavy atom. The van der Waals surface area contributed by atoms with Gasteiger partial charge in [-0.25, -0.2) is 4.98 Å². The number of hydrogen-bond donors (Lipinski definition) is 1. The second-order valence-corrected chi connectivity index (χ2v) is 14.2. The zero-order valence-corrected chi connectivity index (χ0v) is 28.5. The van der Waals surface area contributed by atoms with Crippen LogP contribution in [0.2, 0.25) is 0 Å². The van der Waals surface area contributed by atoms with Gasteiger partial charge in [-0.2, -0.15) is 0 Å². The van der Waals surface area contributed by atoms with E-state index in [1.54, 1.807) is 0 Å². The van der Waals surface area contributed by atoms with Crippen LogP contribution in [0.25, 0.3) is 16.8 Å². The second-order valence-electron chi connectivity index (χ2n) is 14.2. The quantitative estimate of drug-likeness (QED) is 0.192. The van der Waals surface area contributed by atoms with Crippen molar-refractivity contribution in [2.24, 2.45) is 10.9 Å². The van der Waals surface area contributed by atoms with Crippen LogP contribution in [0.15, 0.2) is 84.1 Å². The van der Waals surface area contributed by atoms with Gasteiger partial charge in [-0.1, -0.05) is 62.4 Å². The Balaban J connectivity index is 0.943. The minimum Gasteiger partial charge on any atom is -0.457 e. The summed E-state index contributed by atoms with van der Waals surface area (Å²) >= 11 is 0. The fourth-order valence-electron chi connectivity index (χ4n) is 7.94. The average molecular weight is 654 g/mol. The number of hydrogen-bond acceptors (Lipinski definition) is 5. The molecule has 1 N–H and O–H groups in total. The van der Waals surface area contributed by atoms with Crippen LogP contribution in [0.5, 0.6) is 11.5 Å². The standard InChI is InChI=1S/C41H43N5O3/c1-25(2)40(47)45-17-7-11-35(45)33-21-32(23-42-33)28-15-16-37-31(19-28)20-30-14-13-29(22-38(30)49-37)34-24-43-39(44-34)36-12-8-18-46(36)41(48)26(3)27-9-5-4-6-10-27/h4-6,9-10,13-16,19,22-26,35-36H,7-8,11-12,17-18,20-21H2,1-3H3,(H,43,44)/t26-,35+,36+/m1/s1.